The quantitative estimate of drug-likeness (QED) is 0.386. The lowest BCUT2D eigenvalue weighted by Crippen LogP contribution is -2.27. The maximum Gasteiger partial charge on any atom is 0.146 e. The molecule has 0 aromatic rings. The fraction of sp³-hybridized carbons (Fsp3) is 1.00. The lowest BCUT2D eigenvalue weighted by Gasteiger charge is -2.26. The Labute approximate surface area is 98.0 Å². The molecule has 1 nitrogen and oxygen atoms in total. The number of rotatable bonds is 8. The van der Waals surface area contributed by atoms with Crippen molar-refractivity contribution >= 4 is 23.1 Å². The summed E-state index contributed by atoms with van der Waals surface area (Å²) in [4.78, 5) is 0. The first-order valence-corrected chi connectivity index (χ1v) is 7.08. The van der Waals surface area contributed by atoms with Gasteiger partial charge >= 0.3 is 0 Å². The van der Waals surface area contributed by atoms with Crippen molar-refractivity contribution in [2.75, 3.05) is 0 Å². The van der Waals surface area contributed by atoms with Gasteiger partial charge in [0.1, 0.15) is 10.5 Å². The average molecular weight is 234 g/mol. The van der Waals surface area contributed by atoms with Crippen molar-refractivity contribution in [3.63, 3.8) is 0 Å². The van der Waals surface area contributed by atoms with Gasteiger partial charge in [-0.05, 0) is 26.7 Å². The molecule has 0 aromatic carbocycles. The van der Waals surface area contributed by atoms with Crippen molar-refractivity contribution < 1.29 is 4.43 Å². The molecule has 14 heavy (non-hydrogen) atoms. The third-order valence-electron chi connectivity index (χ3n) is 2.67. The van der Waals surface area contributed by atoms with Crippen molar-refractivity contribution in [2.45, 2.75) is 70.1 Å². The van der Waals surface area contributed by atoms with Crippen LogP contribution in [0.2, 0.25) is 0 Å². The second-order valence-electron chi connectivity index (χ2n) is 4.67. The van der Waals surface area contributed by atoms with Gasteiger partial charge in [0.15, 0.2) is 0 Å². The minimum Gasteiger partial charge on any atom is -0.423 e. The van der Waals surface area contributed by atoms with E-state index in [2.05, 4.69) is 33.4 Å². The molecular weight excluding hydrogens is 208 g/mol. The van der Waals surface area contributed by atoms with E-state index in [9.17, 15) is 0 Å². The second-order valence-corrected chi connectivity index (χ2v) is 5.81. The topological polar surface area (TPSA) is 9.23 Å². The van der Waals surface area contributed by atoms with E-state index < -0.39 is 0 Å². The molecule has 1 atom stereocenters. The van der Waals surface area contributed by atoms with Crippen LogP contribution in [-0.2, 0) is 4.43 Å². The van der Waals surface area contributed by atoms with E-state index in [1.165, 1.54) is 32.1 Å². The summed E-state index contributed by atoms with van der Waals surface area (Å²) < 4.78 is 5.53. The lowest BCUT2D eigenvalue weighted by atomic mass is 9.99. The highest BCUT2D eigenvalue weighted by molar-refractivity contribution is 7.80. The first kappa shape index (κ1) is 14.5. The van der Waals surface area contributed by atoms with Gasteiger partial charge in [-0.1, -0.05) is 32.6 Å². The predicted molar refractivity (Wildman–Crippen MR) is 71.3 cm³/mol. The highest BCUT2D eigenvalue weighted by Gasteiger charge is 2.19. The summed E-state index contributed by atoms with van der Waals surface area (Å²) in [7, 11) is 0.825. The molecule has 0 N–H and O–H groups in total. The molecular formula is C11H26OSSi. The molecule has 0 rings (SSSR count). The molecule has 1 unspecified atom stereocenters. The van der Waals surface area contributed by atoms with Crippen LogP contribution in [0.3, 0.4) is 0 Å². The molecule has 0 aliphatic carbocycles. The fourth-order valence-corrected chi connectivity index (χ4v) is 2.35. The van der Waals surface area contributed by atoms with Crippen molar-refractivity contribution in [3.05, 3.63) is 0 Å². The minimum absolute atomic E-state index is 0.0450. The third kappa shape index (κ3) is 7.89. The maximum atomic E-state index is 5.53. The van der Waals surface area contributed by atoms with Crippen LogP contribution in [0.15, 0.2) is 0 Å². The van der Waals surface area contributed by atoms with E-state index in [0.29, 0.717) is 5.25 Å². The molecule has 0 amide bonds. The zero-order valence-electron chi connectivity index (χ0n) is 10.2. The summed E-state index contributed by atoms with van der Waals surface area (Å²) in [6.45, 7) is 6.57. The normalized spacial score (nSPS) is 14.6. The van der Waals surface area contributed by atoms with Crippen LogP contribution in [-0.4, -0.2) is 21.3 Å². The van der Waals surface area contributed by atoms with Crippen LogP contribution in [0.4, 0.5) is 0 Å². The van der Waals surface area contributed by atoms with E-state index in [0.717, 1.165) is 16.9 Å². The second kappa shape index (κ2) is 7.77. The highest BCUT2D eigenvalue weighted by atomic mass is 32.1. The largest absolute Gasteiger partial charge is 0.423 e. The van der Waals surface area contributed by atoms with Gasteiger partial charge in [-0.3, -0.25) is 0 Å². The van der Waals surface area contributed by atoms with E-state index in [1.807, 2.05) is 0 Å². The molecule has 0 aliphatic heterocycles. The van der Waals surface area contributed by atoms with Crippen LogP contribution in [0.5, 0.6) is 0 Å². The molecule has 0 fully saturated rings. The highest BCUT2D eigenvalue weighted by Crippen LogP contribution is 2.22. The van der Waals surface area contributed by atoms with E-state index in [1.54, 1.807) is 0 Å². The minimum atomic E-state index is 0.0450. The Morgan fingerprint density at radius 3 is 2.43 bits per heavy atom. The Kier molecular flexibility index (Phi) is 8.06. The number of hydrogen-bond donors (Lipinski definition) is 1. The van der Waals surface area contributed by atoms with Gasteiger partial charge < -0.3 is 4.43 Å². The maximum absolute atomic E-state index is 5.53. The molecule has 86 valence electrons. The zero-order chi connectivity index (χ0) is 11.0. The van der Waals surface area contributed by atoms with Crippen LogP contribution in [0, 0.1) is 0 Å². The van der Waals surface area contributed by atoms with Gasteiger partial charge in [-0.2, -0.15) is 12.6 Å². The zero-order valence-corrected chi connectivity index (χ0v) is 13.1. The summed E-state index contributed by atoms with van der Waals surface area (Å²) in [5, 5.41) is 0.510. The van der Waals surface area contributed by atoms with Crippen LogP contribution < -0.4 is 0 Å². The SMILES string of the molecule is CCCCCCC(S)CC(C)(C)O[SiH3]. The van der Waals surface area contributed by atoms with Crippen LogP contribution in [0.25, 0.3) is 0 Å². The molecule has 0 aliphatic rings. The van der Waals surface area contributed by atoms with Crippen molar-refractivity contribution in [1.29, 1.82) is 0 Å². The third-order valence-corrected chi connectivity index (χ3v) is 4.22. The van der Waals surface area contributed by atoms with Crippen LogP contribution >= 0.6 is 12.6 Å². The van der Waals surface area contributed by atoms with Gasteiger partial charge in [0.05, 0.1) is 5.60 Å². The summed E-state index contributed by atoms with van der Waals surface area (Å²) >= 11 is 4.62. The Morgan fingerprint density at radius 2 is 1.93 bits per heavy atom. The summed E-state index contributed by atoms with van der Waals surface area (Å²) in [6, 6.07) is 0. The molecule has 0 spiro atoms. The van der Waals surface area contributed by atoms with E-state index in [-0.39, 0.29) is 5.60 Å². The Hall–Kier alpha value is 0.527. The first-order chi connectivity index (χ1) is 6.52. The first-order valence-electron chi connectivity index (χ1n) is 5.75. The molecule has 0 aromatic heterocycles. The Morgan fingerprint density at radius 1 is 1.29 bits per heavy atom. The van der Waals surface area contributed by atoms with Gasteiger partial charge in [0, 0.05) is 5.25 Å². The molecule has 0 saturated heterocycles. The van der Waals surface area contributed by atoms with Gasteiger partial charge in [-0.15, -0.1) is 0 Å². The Bertz CT molecular complexity index is 139. The standard InChI is InChI=1S/C11H26OSSi/c1-4-5-6-7-8-10(13)9-11(2,3)12-14/h10,13H,4-9H2,1-3,14H3. The van der Waals surface area contributed by atoms with Crippen LogP contribution in [0.1, 0.15) is 59.3 Å². The Balaban J connectivity index is 3.49. The van der Waals surface area contributed by atoms with E-state index >= 15 is 0 Å². The number of hydrogen-bond acceptors (Lipinski definition) is 2. The molecule has 0 radical (unpaired) electrons. The average Bonchev–Trinajstić information content (AvgIpc) is 2.12. The van der Waals surface area contributed by atoms with Crippen molar-refractivity contribution in [1.82, 2.24) is 0 Å². The molecule has 0 saturated carbocycles. The summed E-state index contributed by atoms with van der Waals surface area (Å²) in [5.41, 5.74) is 0.0450. The lowest BCUT2D eigenvalue weighted by molar-refractivity contribution is 0.111. The van der Waals surface area contributed by atoms with Gasteiger partial charge in [0.2, 0.25) is 0 Å². The molecule has 3 heteroatoms. The summed E-state index contributed by atoms with van der Waals surface area (Å²) in [5.74, 6) is 0. The summed E-state index contributed by atoms with van der Waals surface area (Å²) in [6.07, 6.45) is 7.66. The molecule has 0 bridgehead atoms. The van der Waals surface area contributed by atoms with Gasteiger partial charge in [0.25, 0.3) is 0 Å². The smallest absolute Gasteiger partial charge is 0.146 e. The number of unbranched alkanes of at least 4 members (excludes halogenated alkanes) is 3. The molecule has 0 heterocycles. The number of thiol groups is 1. The van der Waals surface area contributed by atoms with Crippen molar-refractivity contribution in [3.8, 4) is 0 Å². The van der Waals surface area contributed by atoms with Gasteiger partial charge in [-0.25, -0.2) is 0 Å². The monoisotopic (exact) mass is 234 g/mol. The fourth-order valence-electron chi connectivity index (χ4n) is 1.56. The predicted octanol–water partition coefficient (Wildman–Crippen LogP) is 2.72. The van der Waals surface area contributed by atoms with E-state index in [4.69, 9.17) is 4.43 Å². The van der Waals surface area contributed by atoms with Crippen molar-refractivity contribution in [2.24, 2.45) is 0 Å².